The monoisotopic (exact) mass is 258 g/mol. The van der Waals surface area contributed by atoms with Crippen molar-refractivity contribution < 1.29 is 0 Å². The fourth-order valence-electron chi connectivity index (χ4n) is 3.72. The summed E-state index contributed by atoms with van der Waals surface area (Å²) >= 11 is 0. The molecule has 1 aromatic rings. The lowest BCUT2D eigenvalue weighted by Gasteiger charge is -2.38. The summed E-state index contributed by atoms with van der Waals surface area (Å²) in [5.41, 5.74) is 1.99. The van der Waals surface area contributed by atoms with Crippen LogP contribution >= 0.6 is 0 Å². The zero-order valence-corrected chi connectivity index (χ0v) is 12.2. The van der Waals surface area contributed by atoms with E-state index in [1.807, 2.05) is 0 Å². The molecule has 2 atom stereocenters. The SMILES string of the molecule is CC1(C)CCC(N2CCNC(c3ccccc3)C2)C1. The van der Waals surface area contributed by atoms with Crippen LogP contribution in [-0.2, 0) is 0 Å². The molecule has 3 rings (SSSR count). The molecule has 2 nitrogen and oxygen atoms in total. The summed E-state index contributed by atoms with van der Waals surface area (Å²) < 4.78 is 0. The van der Waals surface area contributed by atoms with E-state index in [1.165, 1.54) is 37.9 Å². The van der Waals surface area contributed by atoms with Crippen molar-refractivity contribution >= 4 is 0 Å². The number of rotatable bonds is 2. The number of nitrogens with zero attached hydrogens (tertiary/aromatic N) is 1. The molecule has 0 aromatic heterocycles. The van der Waals surface area contributed by atoms with E-state index in [2.05, 4.69) is 54.4 Å². The Balaban J connectivity index is 1.66. The van der Waals surface area contributed by atoms with Gasteiger partial charge in [0.2, 0.25) is 0 Å². The minimum atomic E-state index is 0.513. The van der Waals surface area contributed by atoms with Gasteiger partial charge < -0.3 is 5.32 Å². The summed E-state index contributed by atoms with van der Waals surface area (Å²) in [6.45, 7) is 8.35. The molecule has 2 heteroatoms. The lowest BCUT2D eigenvalue weighted by Crippen LogP contribution is -2.49. The molecule has 2 aliphatic rings. The maximum Gasteiger partial charge on any atom is 0.0449 e. The van der Waals surface area contributed by atoms with Crippen molar-refractivity contribution in [3.63, 3.8) is 0 Å². The summed E-state index contributed by atoms with van der Waals surface area (Å²) in [5, 5.41) is 3.67. The first-order valence-corrected chi connectivity index (χ1v) is 7.66. The van der Waals surface area contributed by atoms with Gasteiger partial charge in [-0.05, 0) is 30.2 Å². The number of benzene rings is 1. The Morgan fingerprint density at radius 1 is 1.21 bits per heavy atom. The molecule has 0 spiro atoms. The fourth-order valence-corrected chi connectivity index (χ4v) is 3.72. The summed E-state index contributed by atoms with van der Waals surface area (Å²) in [4.78, 5) is 2.73. The number of piperazine rings is 1. The lowest BCUT2D eigenvalue weighted by molar-refractivity contribution is 0.138. The fraction of sp³-hybridized carbons (Fsp3) is 0.647. The van der Waals surface area contributed by atoms with Crippen LogP contribution in [-0.4, -0.2) is 30.6 Å². The van der Waals surface area contributed by atoms with Crippen molar-refractivity contribution in [3.8, 4) is 0 Å². The maximum absolute atomic E-state index is 3.67. The van der Waals surface area contributed by atoms with E-state index in [0.717, 1.165) is 12.6 Å². The van der Waals surface area contributed by atoms with Crippen molar-refractivity contribution in [3.05, 3.63) is 35.9 Å². The largest absolute Gasteiger partial charge is 0.308 e. The summed E-state index contributed by atoms with van der Waals surface area (Å²) in [7, 11) is 0. The van der Waals surface area contributed by atoms with Gasteiger partial charge in [-0.2, -0.15) is 0 Å². The Morgan fingerprint density at radius 2 is 2.00 bits per heavy atom. The van der Waals surface area contributed by atoms with Crippen molar-refractivity contribution in [1.29, 1.82) is 0 Å². The molecule has 1 aliphatic heterocycles. The zero-order chi connectivity index (χ0) is 13.3. The molecular formula is C17H26N2. The second-order valence-corrected chi connectivity index (χ2v) is 6.97. The molecule has 0 amide bonds. The molecule has 2 unspecified atom stereocenters. The Bertz CT molecular complexity index is 413. The molecule has 1 aliphatic carbocycles. The first-order chi connectivity index (χ1) is 9.14. The van der Waals surface area contributed by atoms with Gasteiger partial charge in [-0.1, -0.05) is 44.2 Å². The van der Waals surface area contributed by atoms with Gasteiger partial charge in [-0.25, -0.2) is 0 Å². The third kappa shape index (κ3) is 3.01. The van der Waals surface area contributed by atoms with Crippen LogP contribution < -0.4 is 5.32 Å². The zero-order valence-electron chi connectivity index (χ0n) is 12.2. The number of hydrogen-bond donors (Lipinski definition) is 1. The molecular weight excluding hydrogens is 232 g/mol. The third-order valence-electron chi connectivity index (χ3n) is 4.87. The van der Waals surface area contributed by atoms with E-state index in [0.29, 0.717) is 11.5 Å². The predicted molar refractivity (Wildman–Crippen MR) is 80.2 cm³/mol. The van der Waals surface area contributed by atoms with Crippen molar-refractivity contribution in [1.82, 2.24) is 10.2 Å². The molecule has 19 heavy (non-hydrogen) atoms. The summed E-state index contributed by atoms with van der Waals surface area (Å²) in [6.07, 6.45) is 4.14. The first-order valence-electron chi connectivity index (χ1n) is 7.66. The number of hydrogen-bond acceptors (Lipinski definition) is 2. The van der Waals surface area contributed by atoms with Gasteiger partial charge in [0.25, 0.3) is 0 Å². The average Bonchev–Trinajstić information content (AvgIpc) is 2.80. The molecule has 1 N–H and O–H groups in total. The second-order valence-electron chi connectivity index (χ2n) is 6.97. The highest BCUT2D eigenvalue weighted by Crippen LogP contribution is 2.40. The Labute approximate surface area is 117 Å². The molecule has 1 heterocycles. The minimum Gasteiger partial charge on any atom is -0.308 e. The molecule has 0 bridgehead atoms. The van der Waals surface area contributed by atoms with Gasteiger partial charge in [0.15, 0.2) is 0 Å². The molecule has 1 aromatic carbocycles. The van der Waals surface area contributed by atoms with Crippen LogP contribution in [0.1, 0.15) is 44.7 Å². The van der Waals surface area contributed by atoms with Gasteiger partial charge in [0.1, 0.15) is 0 Å². The van der Waals surface area contributed by atoms with Gasteiger partial charge >= 0.3 is 0 Å². The van der Waals surface area contributed by atoms with Crippen LogP contribution in [0.2, 0.25) is 0 Å². The van der Waals surface area contributed by atoms with Crippen LogP contribution in [0.25, 0.3) is 0 Å². The quantitative estimate of drug-likeness (QED) is 0.876. The standard InChI is InChI=1S/C17H26N2/c1-17(2)9-8-15(12-17)19-11-10-18-16(13-19)14-6-4-3-5-7-14/h3-7,15-16,18H,8-13H2,1-2H3. The Hall–Kier alpha value is -0.860. The van der Waals surface area contributed by atoms with Gasteiger partial charge in [0, 0.05) is 31.7 Å². The molecule has 1 saturated carbocycles. The van der Waals surface area contributed by atoms with E-state index < -0.39 is 0 Å². The maximum atomic E-state index is 3.67. The van der Waals surface area contributed by atoms with E-state index in [4.69, 9.17) is 0 Å². The van der Waals surface area contributed by atoms with Crippen molar-refractivity contribution in [2.45, 2.75) is 45.2 Å². The van der Waals surface area contributed by atoms with E-state index in [1.54, 1.807) is 0 Å². The van der Waals surface area contributed by atoms with Gasteiger partial charge in [-0.3, -0.25) is 4.90 Å². The van der Waals surface area contributed by atoms with Crippen molar-refractivity contribution in [2.24, 2.45) is 5.41 Å². The van der Waals surface area contributed by atoms with E-state index in [-0.39, 0.29) is 0 Å². The van der Waals surface area contributed by atoms with Gasteiger partial charge in [0.05, 0.1) is 0 Å². The average molecular weight is 258 g/mol. The Kier molecular flexibility index (Phi) is 3.64. The van der Waals surface area contributed by atoms with Crippen LogP contribution in [0.5, 0.6) is 0 Å². The third-order valence-corrected chi connectivity index (χ3v) is 4.87. The Morgan fingerprint density at radius 3 is 2.68 bits per heavy atom. The number of nitrogens with one attached hydrogen (secondary N) is 1. The lowest BCUT2D eigenvalue weighted by atomic mass is 9.91. The molecule has 2 fully saturated rings. The second kappa shape index (κ2) is 5.26. The topological polar surface area (TPSA) is 15.3 Å². The first kappa shape index (κ1) is 13.1. The molecule has 0 radical (unpaired) electrons. The van der Waals surface area contributed by atoms with E-state index in [9.17, 15) is 0 Å². The van der Waals surface area contributed by atoms with Crippen LogP contribution in [0.3, 0.4) is 0 Å². The highest BCUT2D eigenvalue weighted by Gasteiger charge is 2.36. The predicted octanol–water partition coefficient (Wildman–Crippen LogP) is 3.21. The highest BCUT2D eigenvalue weighted by atomic mass is 15.2. The van der Waals surface area contributed by atoms with Gasteiger partial charge in [-0.15, -0.1) is 0 Å². The van der Waals surface area contributed by atoms with Crippen LogP contribution in [0.4, 0.5) is 0 Å². The molecule has 1 saturated heterocycles. The highest BCUT2D eigenvalue weighted by molar-refractivity contribution is 5.20. The van der Waals surface area contributed by atoms with Crippen LogP contribution in [0.15, 0.2) is 30.3 Å². The summed E-state index contributed by atoms with van der Waals surface area (Å²) in [5.74, 6) is 0. The summed E-state index contributed by atoms with van der Waals surface area (Å²) in [6, 6.07) is 12.2. The van der Waals surface area contributed by atoms with Crippen molar-refractivity contribution in [2.75, 3.05) is 19.6 Å². The normalized spacial score (nSPS) is 31.5. The minimum absolute atomic E-state index is 0.513. The van der Waals surface area contributed by atoms with E-state index >= 15 is 0 Å². The smallest absolute Gasteiger partial charge is 0.0449 e. The molecule has 104 valence electrons. The van der Waals surface area contributed by atoms with Crippen LogP contribution in [0, 0.1) is 5.41 Å².